The van der Waals surface area contributed by atoms with Crippen LogP contribution in [0.1, 0.15) is 42.3 Å². The van der Waals surface area contributed by atoms with Gasteiger partial charge in [-0.05, 0) is 49.6 Å². The van der Waals surface area contributed by atoms with E-state index < -0.39 is 0 Å². The molecule has 0 saturated carbocycles. The van der Waals surface area contributed by atoms with Gasteiger partial charge >= 0.3 is 0 Å². The molecule has 0 aliphatic carbocycles. The summed E-state index contributed by atoms with van der Waals surface area (Å²) in [6.07, 6.45) is 6.44. The predicted octanol–water partition coefficient (Wildman–Crippen LogP) is 4.07. The Morgan fingerprint density at radius 2 is 2.07 bits per heavy atom. The smallest absolute Gasteiger partial charge is 0.138 e. The van der Waals surface area contributed by atoms with E-state index in [0.717, 1.165) is 37.2 Å². The van der Waals surface area contributed by atoms with Crippen molar-refractivity contribution in [2.45, 2.75) is 36.8 Å². The molecule has 2 aliphatic heterocycles. The van der Waals surface area contributed by atoms with E-state index in [1.165, 1.54) is 11.1 Å². The van der Waals surface area contributed by atoms with Crippen molar-refractivity contribution in [2.75, 3.05) is 20.3 Å². The minimum atomic E-state index is -0.182. The maximum Gasteiger partial charge on any atom is 0.138 e. The third-order valence-corrected chi connectivity index (χ3v) is 6.28. The highest BCUT2D eigenvalue weighted by molar-refractivity contribution is 5.85. The lowest BCUT2D eigenvalue weighted by Crippen LogP contribution is -2.48. The van der Waals surface area contributed by atoms with Gasteiger partial charge in [-0.3, -0.25) is 0 Å². The van der Waals surface area contributed by atoms with Gasteiger partial charge in [0, 0.05) is 11.5 Å². The molecule has 6 nitrogen and oxygen atoms in total. The second-order valence-corrected chi connectivity index (χ2v) is 7.94. The highest BCUT2D eigenvalue weighted by atomic mass is 35.5. The molecule has 0 unspecified atom stereocenters. The minimum Gasteiger partial charge on any atom is -0.496 e. The van der Waals surface area contributed by atoms with Gasteiger partial charge in [0.1, 0.15) is 18.4 Å². The number of hydrogen-bond acceptors (Lipinski definition) is 5. The van der Waals surface area contributed by atoms with Gasteiger partial charge < -0.3 is 14.8 Å². The van der Waals surface area contributed by atoms with Crippen LogP contribution >= 0.6 is 12.4 Å². The van der Waals surface area contributed by atoms with E-state index in [-0.39, 0.29) is 30.0 Å². The Morgan fingerprint density at radius 1 is 1.20 bits per heavy atom. The lowest BCUT2D eigenvalue weighted by atomic mass is 9.77. The summed E-state index contributed by atoms with van der Waals surface area (Å²) in [6, 6.07) is 17.1. The zero-order valence-electron chi connectivity index (χ0n) is 17.0. The third-order valence-electron chi connectivity index (χ3n) is 6.28. The molecule has 1 spiro atoms. The van der Waals surface area contributed by atoms with Gasteiger partial charge in [-0.25, -0.2) is 9.67 Å². The molecule has 3 aromatic rings. The second-order valence-electron chi connectivity index (χ2n) is 7.94. The summed E-state index contributed by atoms with van der Waals surface area (Å²) in [5.41, 5.74) is 3.28. The fourth-order valence-corrected chi connectivity index (χ4v) is 4.93. The van der Waals surface area contributed by atoms with Crippen LogP contribution in [-0.4, -0.2) is 40.6 Å². The summed E-state index contributed by atoms with van der Waals surface area (Å²) in [7, 11) is 1.73. The SMILES string of the molecule is COc1ccc(-n2cncn2)cc1[C@H]1CO[C@]2(CCCN[C@H]2c2ccccc2)C1.Cl. The number of piperidine rings is 1. The maximum atomic E-state index is 6.59. The van der Waals surface area contributed by atoms with Gasteiger partial charge in [0.15, 0.2) is 0 Å². The average molecular weight is 427 g/mol. The Labute approximate surface area is 183 Å². The molecule has 0 radical (unpaired) electrons. The average Bonchev–Trinajstić information content (AvgIpc) is 3.45. The fraction of sp³-hybridized carbons (Fsp3) is 0.391. The number of rotatable bonds is 4. The van der Waals surface area contributed by atoms with Crippen molar-refractivity contribution in [3.63, 3.8) is 0 Å². The number of nitrogens with one attached hydrogen (secondary N) is 1. The van der Waals surface area contributed by atoms with E-state index in [1.54, 1.807) is 24.4 Å². The molecule has 2 aliphatic rings. The van der Waals surface area contributed by atoms with Crippen LogP contribution in [0.15, 0.2) is 61.2 Å². The Bertz CT molecular complexity index is 967. The highest BCUT2D eigenvalue weighted by Crippen LogP contribution is 2.49. The molecule has 2 aromatic carbocycles. The van der Waals surface area contributed by atoms with Gasteiger partial charge in [-0.15, -0.1) is 12.4 Å². The molecule has 2 fully saturated rings. The number of ether oxygens (including phenoxy) is 2. The molecule has 0 bridgehead atoms. The molecular weight excluding hydrogens is 400 g/mol. The first-order valence-corrected chi connectivity index (χ1v) is 10.2. The summed E-state index contributed by atoms with van der Waals surface area (Å²) < 4.78 is 14.1. The lowest BCUT2D eigenvalue weighted by molar-refractivity contribution is -0.0484. The van der Waals surface area contributed by atoms with E-state index in [9.17, 15) is 0 Å². The van der Waals surface area contributed by atoms with E-state index in [1.807, 2.05) is 12.1 Å². The summed E-state index contributed by atoms with van der Waals surface area (Å²) in [5, 5.41) is 7.99. The molecule has 2 saturated heterocycles. The van der Waals surface area contributed by atoms with E-state index in [4.69, 9.17) is 9.47 Å². The number of methoxy groups -OCH3 is 1. The molecule has 3 atom stereocenters. The molecule has 30 heavy (non-hydrogen) atoms. The molecule has 7 heteroatoms. The number of halogens is 1. The van der Waals surface area contributed by atoms with Gasteiger partial charge in [0.2, 0.25) is 0 Å². The van der Waals surface area contributed by atoms with Crippen LogP contribution in [0.4, 0.5) is 0 Å². The number of aromatic nitrogens is 3. The molecule has 3 heterocycles. The second kappa shape index (κ2) is 8.76. The van der Waals surface area contributed by atoms with E-state index in [2.05, 4.69) is 51.8 Å². The van der Waals surface area contributed by atoms with Gasteiger partial charge in [0.25, 0.3) is 0 Å². The van der Waals surface area contributed by atoms with Crippen molar-refractivity contribution in [2.24, 2.45) is 0 Å². The van der Waals surface area contributed by atoms with Crippen molar-refractivity contribution >= 4 is 12.4 Å². The Hall–Kier alpha value is -2.41. The zero-order valence-corrected chi connectivity index (χ0v) is 17.8. The first-order chi connectivity index (χ1) is 14.3. The topological polar surface area (TPSA) is 61.2 Å². The first kappa shape index (κ1) is 20.8. The molecular formula is C23H27ClN4O2. The van der Waals surface area contributed by atoms with Crippen LogP contribution in [0, 0.1) is 0 Å². The standard InChI is InChI=1S/C23H26N4O2.ClH/c1-28-21-9-8-19(27-16-24-15-26-27)12-20(21)18-13-23(29-14-18)10-5-11-25-22(23)17-6-3-2-4-7-17;/h2-4,6-9,12,15-16,18,22,25H,5,10-11,13-14H2,1H3;1H/t18-,22+,23-;/m1./s1. The quantitative estimate of drug-likeness (QED) is 0.681. The van der Waals surface area contributed by atoms with E-state index >= 15 is 0 Å². The maximum absolute atomic E-state index is 6.59. The predicted molar refractivity (Wildman–Crippen MR) is 118 cm³/mol. The van der Waals surface area contributed by atoms with Gasteiger partial charge in [-0.2, -0.15) is 5.10 Å². The summed E-state index contributed by atoms with van der Waals surface area (Å²) in [6.45, 7) is 1.72. The number of nitrogens with zero attached hydrogens (tertiary/aromatic N) is 3. The minimum absolute atomic E-state index is 0. The lowest BCUT2D eigenvalue weighted by Gasteiger charge is -2.41. The monoisotopic (exact) mass is 426 g/mol. The largest absolute Gasteiger partial charge is 0.496 e. The van der Waals surface area contributed by atoms with Crippen LogP contribution < -0.4 is 10.1 Å². The Morgan fingerprint density at radius 3 is 2.83 bits per heavy atom. The summed E-state index contributed by atoms with van der Waals surface area (Å²) in [5.74, 6) is 1.18. The van der Waals surface area contributed by atoms with E-state index in [0.29, 0.717) is 6.61 Å². The van der Waals surface area contributed by atoms with Crippen molar-refractivity contribution in [3.05, 3.63) is 72.3 Å². The third kappa shape index (κ3) is 3.71. The van der Waals surface area contributed by atoms with Crippen molar-refractivity contribution < 1.29 is 9.47 Å². The molecule has 5 rings (SSSR count). The van der Waals surface area contributed by atoms with Crippen LogP contribution in [0.5, 0.6) is 5.75 Å². The van der Waals surface area contributed by atoms with Crippen LogP contribution in [0.3, 0.4) is 0 Å². The Balaban J connectivity index is 0.00000218. The van der Waals surface area contributed by atoms with Crippen LogP contribution in [0.2, 0.25) is 0 Å². The molecule has 158 valence electrons. The number of benzene rings is 2. The van der Waals surface area contributed by atoms with Crippen molar-refractivity contribution in [1.82, 2.24) is 20.1 Å². The first-order valence-electron chi connectivity index (χ1n) is 10.2. The molecule has 0 amide bonds. The summed E-state index contributed by atoms with van der Waals surface area (Å²) >= 11 is 0. The van der Waals surface area contributed by atoms with Crippen LogP contribution in [0.25, 0.3) is 5.69 Å². The fourth-order valence-electron chi connectivity index (χ4n) is 4.93. The highest BCUT2D eigenvalue weighted by Gasteiger charge is 2.49. The normalized spacial score (nSPS) is 25.8. The zero-order chi connectivity index (χ0) is 19.7. The Kier molecular flexibility index (Phi) is 6.09. The van der Waals surface area contributed by atoms with Crippen molar-refractivity contribution in [3.8, 4) is 11.4 Å². The number of hydrogen-bond donors (Lipinski definition) is 1. The summed E-state index contributed by atoms with van der Waals surface area (Å²) in [4.78, 5) is 4.07. The van der Waals surface area contributed by atoms with Crippen molar-refractivity contribution in [1.29, 1.82) is 0 Å². The molecule has 1 N–H and O–H groups in total. The molecule has 1 aromatic heterocycles. The van der Waals surface area contributed by atoms with Gasteiger partial charge in [-0.1, -0.05) is 30.3 Å². The van der Waals surface area contributed by atoms with Gasteiger partial charge in [0.05, 0.1) is 31.0 Å². The van der Waals surface area contributed by atoms with Crippen LogP contribution in [-0.2, 0) is 4.74 Å².